The molecule has 0 saturated carbocycles. The number of hydrogen-bond donors (Lipinski definition) is 1. The molecule has 1 aliphatic heterocycles. The number of nitrogens with zero attached hydrogens (tertiary/aromatic N) is 2. The number of rotatable bonds is 4. The van der Waals surface area contributed by atoms with Gasteiger partial charge in [0.2, 0.25) is 0 Å². The highest BCUT2D eigenvalue weighted by Gasteiger charge is 2.15. The fourth-order valence-electron chi connectivity index (χ4n) is 2.80. The van der Waals surface area contributed by atoms with Crippen LogP contribution in [-0.2, 0) is 0 Å². The summed E-state index contributed by atoms with van der Waals surface area (Å²) in [6.07, 6.45) is 1.49. The van der Waals surface area contributed by atoms with Crippen LogP contribution in [0.5, 0.6) is 23.0 Å². The summed E-state index contributed by atoms with van der Waals surface area (Å²) in [4.78, 5) is 8.69. The first-order valence-corrected chi connectivity index (χ1v) is 7.82. The molecule has 2 aromatic carbocycles. The highest BCUT2D eigenvalue weighted by molar-refractivity contribution is 5.95. The van der Waals surface area contributed by atoms with Crippen molar-refractivity contribution in [3.63, 3.8) is 0 Å². The Bertz CT molecular complexity index is 930. The van der Waals surface area contributed by atoms with Crippen LogP contribution in [-0.4, -0.2) is 37.4 Å². The van der Waals surface area contributed by atoms with Gasteiger partial charge in [-0.05, 0) is 24.3 Å². The number of methoxy groups -OCH3 is 2. The van der Waals surface area contributed by atoms with Gasteiger partial charge in [-0.25, -0.2) is 9.97 Å². The van der Waals surface area contributed by atoms with Crippen LogP contribution in [0.1, 0.15) is 0 Å². The van der Waals surface area contributed by atoms with E-state index < -0.39 is 0 Å². The maximum Gasteiger partial charge on any atom is 0.187 e. The quantitative estimate of drug-likeness (QED) is 0.782. The van der Waals surface area contributed by atoms with Crippen LogP contribution < -0.4 is 24.3 Å². The zero-order chi connectivity index (χ0) is 17.2. The molecule has 1 N–H and O–H groups in total. The molecule has 0 radical (unpaired) electrons. The van der Waals surface area contributed by atoms with Gasteiger partial charge < -0.3 is 24.3 Å². The number of anilines is 2. The summed E-state index contributed by atoms with van der Waals surface area (Å²) >= 11 is 0. The number of nitrogens with one attached hydrogen (secondary N) is 1. The smallest absolute Gasteiger partial charge is 0.187 e. The Morgan fingerprint density at radius 1 is 0.960 bits per heavy atom. The van der Waals surface area contributed by atoms with Crippen LogP contribution in [0.2, 0.25) is 0 Å². The Kier molecular flexibility index (Phi) is 3.89. The van der Waals surface area contributed by atoms with Crippen molar-refractivity contribution in [3.8, 4) is 23.0 Å². The standard InChI is InChI=1S/C18H17N3O4/c1-22-14-6-4-12-16(17(14)23-2)19-10-20-18(12)21-11-3-5-13-15(9-11)25-8-7-24-13/h3-6,9-10H,7-8H2,1-2H3,(H,19,20,21). The van der Waals surface area contributed by atoms with Gasteiger partial charge in [0.1, 0.15) is 30.9 Å². The van der Waals surface area contributed by atoms with Crippen LogP contribution in [0.4, 0.5) is 11.5 Å². The van der Waals surface area contributed by atoms with Crippen LogP contribution in [0.25, 0.3) is 10.9 Å². The lowest BCUT2D eigenvalue weighted by Crippen LogP contribution is -2.15. The Morgan fingerprint density at radius 2 is 1.80 bits per heavy atom. The van der Waals surface area contributed by atoms with E-state index >= 15 is 0 Å². The molecule has 0 unspecified atom stereocenters. The van der Waals surface area contributed by atoms with E-state index in [1.54, 1.807) is 14.2 Å². The third-order valence-electron chi connectivity index (χ3n) is 3.95. The van der Waals surface area contributed by atoms with E-state index in [0.29, 0.717) is 41.8 Å². The summed E-state index contributed by atoms with van der Waals surface area (Å²) in [5.41, 5.74) is 1.52. The van der Waals surface area contributed by atoms with Crippen molar-refractivity contribution >= 4 is 22.4 Å². The fraction of sp³-hybridized carbons (Fsp3) is 0.222. The van der Waals surface area contributed by atoms with Crippen molar-refractivity contribution in [2.24, 2.45) is 0 Å². The van der Waals surface area contributed by atoms with Gasteiger partial charge in [0, 0.05) is 17.1 Å². The van der Waals surface area contributed by atoms with Crippen LogP contribution in [0.15, 0.2) is 36.7 Å². The van der Waals surface area contributed by atoms with E-state index in [9.17, 15) is 0 Å². The van der Waals surface area contributed by atoms with E-state index in [0.717, 1.165) is 16.8 Å². The van der Waals surface area contributed by atoms with Gasteiger partial charge in [-0.2, -0.15) is 0 Å². The molecule has 128 valence electrons. The van der Waals surface area contributed by atoms with E-state index in [1.165, 1.54) is 6.33 Å². The Labute approximate surface area is 144 Å². The minimum absolute atomic E-state index is 0.546. The monoisotopic (exact) mass is 339 g/mol. The topological polar surface area (TPSA) is 74.7 Å². The zero-order valence-corrected chi connectivity index (χ0v) is 13.9. The normalized spacial score (nSPS) is 12.7. The molecule has 0 saturated heterocycles. The first-order valence-electron chi connectivity index (χ1n) is 7.82. The van der Waals surface area contributed by atoms with Gasteiger partial charge >= 0.3 is 0 Å². The second-order valence-corrected chi connectivity index (χ2v) is 5.40. The van der Waals surface area contributed by atoms with Gasteiger partial charge in [0.05, 0.1) is 14.2 Å². The summed E-state index contributed by atoms with van der Waals surface area (Å²) in [5.74, 6) is 3.33. The molecule has 0 bridgehead atoms. The van der Waals surface area contributed by atoms with Crippen molar-refractivity contribution in [2.45, 2.75) is 0 Å². The molecule has 4 rings (SSSR count). The molecular weight excluding hydrogens is 322 g/mol. The number of fused-ring (bicyclic) bond motifs is 2. The largest absolute Gasteiger partial charge is 0.493 e. The molecule has 0 spiro atoms. The zero-order valence-electron chi connectivity index (χ0n) is 13.9. The lowest BCUT2D eigenvalue weighted by Gasteiger charge is -2.19. The Hall–Kier alpha value is -3.22. The summed E-state index contributed by atoms with van der Waals surface area (Å²) in [5, 5.41) is 4.13. The minimum Gasteiger partial charge on any atom is -0.493 e. The average molecular weight is 339 g/mol. The first kappa shape index (κ1) is 15.3. The van der Waals surface area contributed by atoms with Gasteiger partial charge in [0.15, 0.2) is 23.0 Å². The molecule has 0 aliphatic carbocycles. The van der Waals surface area contributed by atoms with Gasteiger partial charge in [-0.1, -0.05) is 0 Å². The van der Waals surface area contributed by atoms with Crippen molar-refractivity contribution in [1.29, 1.82) is 0 Å². The van der Waals surface area contributed by atoms with Crippen LogP contribution in [0.3, 0.4) is 0 Å². The van der Waals surface area contributed by atoms with Gasteiger partial charge in [0.25, 0.3) is 0 Å². The van der Waals surface area contributed by atoms with Crippen molar-refractivity contribution < 1.29 is 18.9 Å². The number of benzene rings is 2. The summed E-state index contributed by atoms with van der Waals surface area (Å²) in [6.45, 7) is 1.11. The predicted molar refractivity (Wildman–Crippen MR) is 93.4 cm³/mol. The molecule has 2 heterocycles. The molecule has 7 nitrogen and oxygen atoms in total. The first-order chi connectivity index (χ1) is 12.3. The number of ether oxygens (including phenoxy) is 4. The Balaban J connectivity index is 1.74. The lowest BCUT2D eigenvalue weighted by atomic mass is 10.2. The second kappa shape index (κ2) is 6.35. The van der Waals surface area contributed by atoms with Gasteiger partial charge in [-0.15, -0.1) is 0 Å². The van der Waals surface area contributed by atoms with E-state index in [1.807, 2.05) is 30.3 Å². The number of aromatic nitrogens is 2. The molecule has 0 fully saturated rings. The molecule has 0 amide bonds. The van der Waals surface area contributed by atoms with Crippen molar-refractivity contribution in [1.82, 2.24) is 9.97 Å². The SMILES string of the molecule is COc1ccc2c(Nc3ccc4c(c3)OCCO4)ncnc2c1OC. The maximum absolute atomic E-state index is 5.62. The lowest BCUT2D eigenvalue weighted by molar-refractivity contribution is 0.171. The molecule has 3 aromatic rings. The van der Waals surface area contributed by atoms with Crippen molar-refractivity contribution in [3.05, 3.63) is 36.7 Å². The average Bonchev–Trinajstić information content (AvgIpc) is 2.67. The summed E-state index contributed by atoms with van der Waals surface area (Å²) < 4.78 is 21.9. The molecule has 25 heavy (non-hydrogen) atoms. The van der Waals surface area contributed by atoms with E-state index in [-0.39, 0.29) is 0 Å². The molecule has 7 heteroatoms. The predicted octanol–water partition coefficient (Wildman–Crippen LogP) is 3.16. The maximum atomic E-state index is 5.62. The molecular formula is C18H17N3O4. The molecule has 0 atom stereocenters. The second-order valence-electron chi connectivity index (χ2n) is 5.40. The fourth-order valence-corrected chi connectivity index (χ4v) is 2.80. The third kappa shape index (κ3) is 2.73. The molecule has 1 aliphatic rings. The molecule has 1 aromatic heterocycles. The highest BCUT2D eigenvalue weighted by atomic mass is 16.6. The number of hydrogen-bond acceptors (Lipinski definition) is 7. The Morgan fingerprint density at radius 3 is 2.60 bits per heavy atom. The van der Waals surface area contributed by atoms with Crippen molar-refractivity contribution in [2.75, 3.05) is 32.8 Å². The third-order valence-corrected chi connectivity index (χ3v) is 3.95. The van der Waals surface area contributed by atoms with Gasteiger partial charge in [-0.3, -0.25) is 0 Å². The summed E-state index contributed by atoms with van der Waals surface area (Å²) in [7, 11) is 3.19. The minimum atomic E-state index is 0.546. The summed E-state index contributed by atoms with van der Waals surface area (Å²) in [6, 6.07) is 9.42. The highest BCUT2D eigenvalue weighted by Crippen LogP contribution is 2.38. The van der Waals surface area contributed by atoms with E-state index in [4.69, 9.17) is 18.9 Å². The van der Waals surface area contributed by atoms with Crippen LogP contribution in [0, 0.1) is 0 Å². The van der Waals surface area contributed by atoms with E-state index in [2.05, 4.69) is 15.3 Å². The van der Waals surface area contributed by atoms with Crippen LogP contribution >= 0.6 is 0 Å².